The highest BCUT2D eigenvalue weighted by molar-refractivity contribution is 14.1. The molecule has 0 bridgehead atoms. The fourth-order valence-electron chi connectivity index (χ4n) is 2.55. The first-order valence-corrected chi connectivity index (χ1v) is 11.9. The van der Waals surface area contributed by atoms with Crippen molar-refractivity contribution in [1.82, 2.24) is 0 Å². The van der Waals surface area contributed by atoms with Gasteiger partial charge in [-0.05, 0) is 65.8 Å². The van der Waals surface area contributed by atoms with Crippen LogP contribution < -0.4 is 4.74 Å². The predicted octanol–water partition coefficient (Wildman–Crippen LogP) is 6.38. The molecule has 0 saturated heterocycles. The molecule has 3 rings (SSSR count). The zero-order chi connectivity index (χ0) is 21.3. The van der Waals surface area contributed by atoms with Crippen LogP contribution >= 0.6 is 22.6 Å². The number of halogens is 1. The number of ether oxygens (including phenoxy) is 1. The molecule has 1 N–H and O–H groups in total. The van der Waals surface area contributed by atoms with E-state index in [-0.39, 0.29) is 4.90 Å². The minimum atomic E-state index is -4.02. The first-order chi connectivity index (χ1) is 13.8. The Bertz CT molecular complexity index is 1000. The van der Waals surface area contributed by atoms with E-state index in [0.29, 0.717) is 0 Å². The number of unbranched alkanes of at least 4 members (excludes halogenated alkanes) is 1. The monoisotopic (exact) mass is 524 g/mol. The van der Waals surface area contributed by atoms with Crippen LogP contribution in [0.1, 0.15) is 25.3 Å². The molecule has 0 saturated carbocycles. The lowest BCUT2D eigenvalue weighted by molar-refractivity contribution is 0.310. The fourth-order valence-corrected chi connectivity index (χ4v) is 3.81. The summed E-state index contributed by atoms with van der Waals surface area (Å²) >= 11 is 2.37. The summed E-state index contributed by atoms with van der Waals surface area (Å²) in [6, 6.07) is 22.6. The summed E-state index contributed by atoms with van der Waals surface area (Å²) in [5.74, 6) is 0.988. The third-order valence-electron chi connectivity index (χ3n) is 4.11. The van der Waals surface area contributed by atoms with E-state index >= 15 is 0 Å². The Balaban J connectivity index is 0.000000234. The minimum absolute atomic E-state index is 0.0666. The molecule has 0 amide bonds. The van der Waals surface area contributed by atoms with E-state index in [1.54, 1.807) is 12.1 Å². The second kappa shape index (κ2) is 11.3. The smallest absolute Gasteiger partial charge is 0.294 e. The van der Waals surface area contributed by atoms with Crippen molar-refractivity contribution in [3.8, 4) is 16.9 Å². The maximum absolute atomic E-state index is 10.5. The number of rotatable bonds is 6. The lowest BCUT2D eigenvalue weighted by Crippen LogP contribution is -1.99. The number of hydrogen-bond donors (Lipinski definition) is 1. The van der Waals surface area contributed by atoms with Gasteiger partial charge in [-0.15, -0.1) is 0 Å². The molecule has 0 spiro atoms. The largest absolute Gasteiger partial charge is 0.493 e. The Morgan fingerprint density at radius 2 is 1.59 bits per heavy atom. The molecule has 0 aliphatic heterocycles. The van der Waals surface area contributed by atoms with Gasteiger partial charge >= 0.3 is 0 Å². The summed E-state index contributed by atoms with van der Waals surface area (Å²) in [5.41, 5.74) is 3.38. The van der Waals surface area contributed by atoms with Crippen LogP contribution in [0.2, 0.25) is 0 Å². The van der Waals surface area contributed by atoms with Gasteiger partial charge < -0.3 is 4.74 Å². The van der Waals surface area contributed by atoms with Crippen LogP contribution in [0.25, 0.3) is 11.1 Å². The second-order valence-electron chi connectivity index (χ2n) is 6.47. The van der Waals surface area contributed by atoms with Crippen molar-refractivity contribution in [3.05, 3.63) is 81.9 Å². The van der Waals surface area contributed by atoms with Gasteiger partial charge in [0.15, 0.2) is 0 Å². The van der Waals surface area contributed by atoms with Gasteiger partial charge in [0, 0.05) is 9.13 Å². The SMILES string of the molecule is CCCCOc1cccc(I)c1-c1ccccc1.Cc1ccc(S(=O)(=O)O)cc1. The van der Waals surface area contributed by atoms with Crippen molar-refractivity contribution in [2.45, 2.75) is 31.6 Å². The lowest BCUT2D eigenvalue weighted by atomic mass is 10.0. The molecule has 4 nitrogen and oxygen atoms in total. The Kier molecular flexibility index (Phi) is 9.13. The van der Waals surface area contributed by atoms with E-state index in [0.717, 1.165) is 30.8 Å². The molecular weight excluding hydrogens is 499 g/mol. The highest BCUT2D eigenvalue weighted by Gasteiger charge is 2.09. The van der Waals surface area contributed by atoms with Crippen LogP contribution in [0.3, 0.4) is 0 Å². The van der Waals surface area contributed by atoms with Crippen LogP contribution in [-0.2, 0) is 10.1 Å². The topological polar surface area (TPSA) is 63.6 Å². The van der Waals surface area contributed by atoms with E-state index in [4.69, 9.17) is 9.29 Å². The van der Waals surface area contributed by atoms with Gasteiger partial charge in [-0.1, -0.05) is 67.4 Å². The van der Waals surface area contributed by atoms with Crippen LogP contribution in [0, 0.1) is 10.5 Å². The normalized spacial score (nSPS) is 10.8. The summed E-state index contributed by atoms with van der Waals surface area (Å²) < 4.78 is 36.7. The number of hydrogen-bond acceptors (Lipinski definition) is 3. The van der Waals surface area contributed by atoms with Gasteiger partial charge in [0.25, 0.3) is 10.1 Å². The zero-order valence-corrected chi connectivity index (χ0v) is 19.5. The van der Waals surface area contributed by atoms with E-state index in [2.05, 4.69) is 72.0 Å². The van der Waals surface area contributed by atoms with E-state index < -0.39 is 10.1 Å². The Hall–Kier alpha value is -1.90. The summed E-state index contributed by atoms with van der Waals surface area (Å²) in [6.45, 7) is 4.81. The molecule has 6 heteroatoms. The summed E-state index contributed by atoms with van der Waals surface area (Å²) in [7, 11) is -4.02. The number of benzene rings is 3. The predicted molar refractivity (Wildman–Crippen MR) is 126 cm³/mol. The minimum Gasteiger partial charge on any atom is -0.493 e. The quantitative estimate of drug-likeness (QED) is 0.231. The van der Waals surface area contributed by atoms with E-state index in [1.807, 2.05) is 13.0 Å². The van der Waals surface area contributed by atoms with Crippen LogP contribution in [0.5, 0.6) is 5.75 Å². The van der Waals surface area contributed by atoms with Crippen molar-refractivity contribution in [2.24, 2.45) is 0 Å². The van der Waals surface area contributed by atoms with Crippen LogP contribution in [0.4, 0.5) is 0 Å². The van der Waals surface area contributed by atoms with Crippen molar-refractivity contribution < 1.29 is 17.7 Å². The standard InChI is InChI=1S/C16H17IO.C7H8O3S/c1-2-3-12-18-15-11-7-10-14(17)16(15)13-8-5-4-6-9-13;1-6-2-4-7(5-3-6)11(8,9)10/h4-11H,2-3,12H2,1H3;2-5H,1H3,(H,8,9,10). The van der Waals surface area contributed by atoms with E-state index in [9.17, 15) is 8.42 Å². The highest BCUT2D eigenvalue weighted by Crippen LogP contribution is 2.34. The molecule has 3 aromatic rings. The average molecular weight is 524 g/mol. The number of aryl methyl sites for hydroxylation is 1. The second-order valence-corrected chi connectivity index (χ2v) is 9.05. The molecular formula is C23H25IO4S. The highest BCUT2D eigenvalue weighted by atomic mass is 127. The Morgan fingerprint density at radius 1 is 0.931 bits per heavy atom. The van der Waals surface area contributed by atoms with Gasteiger partial charge in [-0.2, -0.15) is 8.42 Å². The van der Waals surface area contributed by atoms with Gasteiger partial charge in [-0.25, -0.2) is 0 Å². The van der Waals surface area contributed by atoms with Gasteiger partial charge in [0.1, 0.15) is 5.75 Å². The van der Waals surface area contributed by atoms with Gasteiger partial charge in [0.05, 0.1) is 11.5 Å². The maximum atomic E-state index is 10.5. The Labute approximate surface area is 186 Å². The molecule has 0 aliphatic carbocycles. The summed E-state index contributed by atoms with van der Waals surface area (Å²) in [5, 5.41) is 0. The molecule has 0 atom stereocenters. The first-order valence-electron chi connectivity index (χ1n) is 9.33. The molecule has 29 heavy (non-hydrogen) atoms. The zero-order valence-electron chi connectivity index (χ0n) is 16.5. The average Bonchev–Trinajstić information content (AvgIpc) is 2.69. The molecule has 154 valence electrons. The molecule has 0 heterocycles. The van der Waals surface area contributed by atoms with Crippen molar-refractivity contribution in [1.29, 1.82) is 0 Å². The molecule has 0 radical (unpaired) electrons. The third-order valence-corrected chi connectivity index (χ3v) is 5.88. The molecule has 0 unspecified atom stereocenters. The molecule has 0 aliphatic rings. The maximum Gasteiger partial charge on any atom is 0.294 e. The van der Waals surface area contributed by atoms with Crippen LogP contribution in [-0.4, -0.2) is 19.6 Å². The lowest BCUT2D eigenvalue weighted by Gasteiger charge is -2.13. The van der Waals surface area contributed by atoms with Crippen molar-refractivity contribution >= 4 is 32.7 Å². The molecule has 3 aromatic carbocycles. The van der Waals surface area contributed by atoms with Gasteiger partial charge in [-0.3, -0.25) is 4.55 Å². The van der Waals surface area contributed by atoms with Crippen molar-refractivity contribution in [2.75, 3.05) is 6.61 Å². The first kappa shape index (κ1) is 23.4. The van der Waals surface area contributed by atoms with Crippen molar-refractivity contribution in [3.63, 3.8) is 0 Å². The summed E-state index contributed by atoms with van der Waals surface area (Å²) in [4.78, 5) is -0.0666. The molecule has 0 aromatic heterocycles. The molecule has 0 fully saturated rings. The summed E-state index contributed by atoms with van der Waals surface area (Å²) in [6.07, 6.45) is 2.25. The Morgan fingerprint density at radius 3 is 2.17 bits per heavy atom. The van der Waals surface area contributed by atoms with Gasteiger partial charge in [0.2, 0.25) is 0 Å². The van der Waals surface area contributed by atoms with Crippen LogP contribution in [0.15, 0.2) is 77.7 Å². The fraction of sp³-hybridized carbons (Fsp3) is 0.217. The van der Waals surface area contributed by atoms with E-state index in [1.165, 1.54) is 26.8 Å². The third kappa shape index (κ3) is 7.45.